The Labute approximate surface area is 432 Å². The van der Waals surface area contributed by atoms with E-state index in [2.05, 4.69) is 19.2 Å². The number of rotatable bonds is 60. The highest BCUT2D eigenvalue weighted by atomic mass is 16.3. The van der Waals surface area contributed by atoms with Gasteiger partial charge in [-0.15, -0.1) is 0 Å². The van der Waals surface area contributed by atoms with E-state index in [0.717, 1.165) is 38.5 Å². The average Bonchev–Trinajstić information content (AvgIpc) is 3.35. The van der Waals surface area contributed by atoms with Gasteiger partial charge in [-0.3, -0.25) is 4.79 Å². The van der Waals surface area contributed by atoms with Gasteiger partial charge in [0.1, 0.15) is 12.2 Å². The lowest BCUT2D eigenvalue weighted by Crippen LogP contribution is -2.53. The second kappa shape index (κ2) is 58.2. The van der Waals surface area contributed by atoms with Gasteiger partial charge in [-0.1, -0.05) is 354 Å². The Hall–Kier alpha value is -0.690. The molecule has 0 saturated heterocycles. The molecule has 0 aromatic carbocycles. The molecule has 1 amide bonds. The zero-order valence-corrected chi connectivity index (χ0v) is 47.1. The number of aliphatic hydroxyl groups is 4. The van der Waals surface area contributed by atoms with Crippen molar-refractivity contribution in [1.82, 2.24) is 5.32 Å². The molecule has 0 spiro atoms. The maximum Gasteiger partial charge on any atom is 0.249 e. The van der Waals surface area contributed by atoms with Crippen molar-refractivity contribution in [3.8, 4) is 0 Å². The molecule has 5 N–H and O–H groups in total. The van der Waals surface area contributed by atoms with Crippen molar-refractivity contribution < 1.29 is 25.2 Å². The largest absolute Gasteiger partial charge is 0.394 e. The monoisotopic (exact) mass is 978 g/mol. The number of hydrogen-bond donors (Lipinski definition) is 5. The van der Waals surface area contributed by atoms with Gasteiger partial charge in [-0.25, -0.2) is 0 Å². The van der Waals surface area contributed by atoms with E-state index in [0.29, 0.717) is 12.8 Å². The van der Waals surface area contributed by atoms with E-state index in [1.165, 1.54) is 302 Å². The Kier molecular flexibility index (Phi) is 57.6. The van der Waals surface area contributed by atoms with Crippen LogP contribution in [0.5, 0.6) is 0 Å². The molecular formula is C63H127NO5. The number of carbonyl (C=O) groups is 1. The molecule has 0 bridgehead atoms. The zero-order valence-electron chi connectivity index (χ0n) is 47.1. The third-order valence-corrected chi connectivity index (χ3v) is 15.6. The molecule has 414 valence electrons. The SMILES string of the molecule is CCCCCCCCCCCCCCCCCCCCCCCCCCCCCCCCCC(O)C(=O)NC(CO)C(O)C(O)CCCCCCCCCCCCCCCCCCCCCCCC. The maximum absolute atomic E-state index is 12.6. The van der Waals surface area contributed by atoms with E-state index >= 15 is 0 Å². The molecule has 0 rings (SSSR count). The molecule has 0 aliphatic carbocycles. The van der Waals surface area contributed by atoms with Gasteiger partial charge in [0.25, 0.3) is 0 Å². The van der Waals surface area contributed by atoms with Crippen molar-refractivity contribution in [3.63, 3.8) is 0 Å². The number of aliphatic hydroxyl groups excluding tert-OH is 4. The van der Waals surface area contributed by atoms with Gasteiger partial charge in [0.05, 0.1) is 18.8 Å². The third kappa shape index (κ3) is 52.0. The van der Waals surface area contributed by atoms with Gasteiger partial charge < -0.3 is 25.7 Å². The highest BCUT2D eigenvalue weighted by Crippen LogP contribution is 2.20. The summed E-state index contributed by atoms with van der Waals surface area (Å²) < 4.78 is 0. The van der Waals surface area contributed by atoms with Crippen molar-refractivity contribution in [2.45, 2.75) is 391 Å². The summed E-state index contributed by atoms with van der Waals surface area (Å²) in [6.45, 7) is 4.11. The molecule has 0 aliphatic rings. The normalized spacial score (nSPS) is 13.5. The number of nitrogens with one attached hydrogen (secondary N) is 1. The first-order valence-electron chi connectivity index (χ1n) is 31.9. The molecule has 4 unspecified atom stereocenters. The summed E-state index contributed by atoms with van der Waals surface area (Å²) in [6, 6.07) is -0.981. The lowest BCUT2D eigenvalue weighted by Gasteiger charge is -2.27. The molecule has 0 fully saturated rings. The van der Waals surface area contributed by atoms with Gasteiger partial charge in [0, 0.05) is 0 Å². The minimum Gasteiger partial charge on any atom is -0.394 e. The van der Waals surface area contributed by atoms with Crippen LogP contribution in [0.15, 0.2) is 0 Å². The highest BCUT2D eigenvalue weighted by molar-refractivity contribution is 5.80. The first-order valence-corrected chi connectivity index (χ1v) is 31.9. The Balaban J connectivity index is 3.52. The molecule has 6 nitrogen and oxygen atoms in total. The Morgan fingerprint density at radius 1 is 0.304 bits per heavy atom. The Morgan fingerprint density at radius 2 is 0.493 bits per heavy atom. The van der Waals surface area contributed by atoms with Gasteiger partial charge in [0.15, 0.2) is 0 Å². The Morgan fingerprint density at radius 3 is 0.696 bits per heavy atom. The van der Waals surface area contributed by atoms with Crippen LogP contribution in [-0.2, 0) is 4.79 Å². The smallest absolute Gasteiger partial charge is 0.249 e. The van der Waals surface area contributed by atoms with Crippen LogP contribution in [-0.4, -0.2) is 57.3 Å². The molecule has 0 aromatic heterocycles. The van der Waals surface area contributed by atoms with E-state index in [1.807, 2.05) is 0 Å². The summed E-state index contributed by atoms with van der Waals surface area (Å²) in [5.41, 5.74) is 0. The van der Waals surface area contributed by atoms with E-state index in [4.69, 9.17) is 0 Å². The molecule has 0 aliphatic heterocycles. The number of amides is 1. The van der Waals surface area contributed by atoms with Crippen molar-refractivity contribution in [2.75, 3.05) is 6.61 Å². The second-order valence-corrected chi connectivity index (χ2v) is 22.5. The Bertz CT molecular complexity index is 964. The number of hydrogen-bond acceptors (Lipinski definition) is 5. The molecule has 0 radical (unpaired) electrons. The maximum atomic E-state index is 12.6. The van der Waals surface area contributed by atoms with Gasteiger partial charge in [-0.2, -0.15) is 0 Å². The predicted molar refractivity (Wildman–Crippen MR) is 302 cm³/mol. The highest BCUT2D eigenvalue weighted by Gasteiger charge is 2.28. The van der Waals surface area contributed by atoms with Gasteiger partial charge >= 0.3 is 0 Å². The summed E-state index contributed by atoms with van der Waals surface area (Å²) in [6.07, 6.45) is 69.2. The van der Waals surface area contributed by atoms with Crippen LogP contribution in [0.4, 0.5) is 0 Å². The molecular weight excluding hydrogens is 851 g/mol. The van der Waals surface area contributed by atoms with E-state index in [1.54, 1.807) is 0 Å². The molecule has 69 heavy (non-hydrogen) atoms. The summed E-state index contributed by atoms with van der Waals surface area (Å²) >= 11 is 0. The number of carbonyl (C=O) groups excluding carboxylic acids is 1. The van der Waals surface area contributed by atoms with Crippen LogP contribution in [0.2, 0.25) is 0 Å². The lowest BCUT2D eigenvalue weighted by atomic mass is 9.99. The fourth-order valence-corrected chi connectivity index (χ4v) is 10.6. The summed E-state index contributed by atoms with van der Waals surface area (Å²) in [5.74, 6) is -0.574. The lowest BCUT2D eigenvalue weighted by molar-refractivity contribution is -0.132. The predicted octanol–water partition coefficient (Wildman–Crippen LogP) is 19.0. The third-order valence-electron chi connectivity index (χ3n) is 15.6. The van der Waals surface area contributed by atoms with Crippen molar-refractivity contribution in [3.05, 3.63) is 0 Å². The molecule has 6 heteroatoms. The van der Waals surface area contributed by atoms with Crippen LogP contribution in [0.3, 0.4) is 0 Å². The summed E-state index contributed by atoms with van der Waals surface area (Å²) in [7, 11) is 0. The van der Waals surface area contributed by atoms with Crippen molar-refractivity contribution in [2.24, 2.45) is 0 Å². The van der Waals surface area contributed by atoms with Crippen LogP contribution < -0.4 is 5.32 Å². The quantitative estimate of drug-likeness (QED) is 0.0390. The molecule has 0 saturated carbocycles. The molecule has 4 atom stereocenters. The summed E-state index contributed by atoms with van der Waals surface area (Å²) in [4.78, 5) is 12.6. The van der Waals surface area contributed by atoms with Crippen LogP contribution >= 0.6 is 0 Å². The second-order valence-electron chi connectivity index (χ2n) is 22.5. The first-order chi connectivity index (χ1) is 34.0. The van der Waals surface area contributed by atoms with E-state index < -0.39 is 36.9 Å². The van der Waals surface area contributed by atoms with Crippen LogP contribution in [0.1, 0.15) is 367 Å². The van der Waals surface area contributed by atoms with Gasteiger partial charge in [-0.05, 0) is 12.8 Å². The van der Waals surface area contributed by atoms with Crippen LogP contribution in [0, 0.1) is 0 Å². The van der Waals surface area contributed by atoms with E-state index in [9.17, 15) is 25.2 Å². The fraction of sp³-hybridized carbons (Fsp3) is 0.984. The topological polar surface area (TPSA) is 110 Å². The minimum absolute atomic E-state index is 0.377. The van der Waals surface area contributed by atoms with Gasteiger partial charge in [0.2, 0.25) is 5.91 Å². The van der Waals surface area contributed by atoms with E-state index in [-0.39, 0.29) is 0 Å². The van der Waals surface area contributed by atoms with Crippen molar-refractivity contribution in [1.29, 1.82) is 0 Å². The first kappa shape index (κ1) is 68.3. The fourth-order valence-electron chi connectivity index (χ4n) is 10.6. The zero-order chi connectivity index (χ0) is 50.2. The molecule has 0 aromatic rings. The standard InChI is InChI=1S/C63H127NO5/c1-3-5-7-9-11-13-15-17-19-21-23-25-27-28-29-30-31-32-33-34-35-37-39-41-43-45-47-49-51-53-55-57-61(67)63(69)64-59(58-65)62(68)60(66)56-54-52-50-48-46-44-42-40-38-36-26-24-22-20-18-16-14-12-10-8-6-4-2/h59-62,65-68H,3-58H2,1-2H3,(H,64,69). The van der Waals surface area contributed by atoms with Crippen molar-refractivity contribution >= 4 is 5.91 Å². The summed E-state index contributed by atoms with van der Waals surface area (Å²) in [5, 5.41) is 44.1. The average molecular weight is 979 g/mol. The number of unbranched alkanes of at least 4 members (excludes halogenated alkanes) is 51. The minimum atomic E-state index is -1.26. The molecule has 0 heterocycles. The van der Waals surface area contributed by atoms with Crippen LogP contribution in [0.25, 0.3) is 0 Å².